The number of nitriles is 1. The third-order valence-corrected chi connectivity index (χ3v) is 6.56. The molecule has 2 aliphatic rings. The number of benzene rings is 1. The van der Waals surface area contributed by atoms with Crippen molar-refractivity contribution in [2.24, 2.45) is 11.3 Å². The summed E-state index contributed by atoms with van der Waals surface area (Å²) in [6, 6.07) is 5.27. The Kier molecular flexibility index (Phi) is 6.69. The number of amides is 2. The van der Waals surface area contributed by atoms with Gasteiger partial charge in [-0.25, -0.2) is 0 Å². The molecule has 0 radical (unpaired) electrons. The summed E-state index contributed by atoms with van der Waals surface area (Å²) in [4.78, 5) is 30.2. The second-order valence-electron chi connectivity index (χ2n) is 8.68. The topological polar surface area (TPSA) is 76.9 Å². The number of carbonyl (C=O) groups excluding carboxylic acids is 2. The molecule has 2 amide bonds. The number of likely N-dealkylation sites (tertiary alicyclic amines) is 1. The fourth-order valence-electron chi connectivity index (χ4n) is 4.80. The van der Waals surface area contributed by atoms with E-state index in [0.717, 1.165) is 6.07 Å². The maximum Gasteiger partial charge on any atom is 0.417 e. The molecule has 1 spiro atoms. The van der Waals surface area contributed by atoms with Gasteiger partial charge in [0.05, 0.1) is 23.1 Å². The number of methoxy groups -OCH3 is 1. The van der Waals surface area contributed by atoms with Crippen LogP contribution in [-0.2, 0) is 20.5 Å². The molecule has 174 valence electrons. The lowest BCUT2D eigenvalue weighted by atomic mass is 9.70. The van der Waals surface area contributed by atoms with E-state index in [4.69, 9.17) is 10.00 Å². The van der Waals surface area contributed by atoms with Crippen LogP contribution in [-0.4, -0.2) is 75.6 Å². The molecule has 32 heavy (non-hydrogen) atoms. The third-order valence-electron chi connectivity index (χ3n) is 6.56. The van der Waals surface area contributed by atoms with Crippen molar-refractivity contribution >= 4 is 17.5 Å². The zero-order valence-electron chi connectivity index (χ0n) is 18.4. The van der Waals surface area contributed by atoms with E-state index < -0.39 is 28.6 Å². The fraction of sp³-hybridized carbons (Fsp3) is 0.591. The molecule has 0 N–H and O–H groups in total. The predicted molar refractivity (Wildman–Crippen MR) is 111 cm³/mol. The number of hydrogen-bond acceptors (Lipinski definition) is 5. The first kappa shape index (κ1) is 23.9. The van der Waals surface area contributed by atoms with Gasteiger partial charge in [0.15, 0.2) is 0 Å². The van der Waals surface area contributed by atoms with Gasteiger partial charge in [0.2, 0.25) is 11.8 Å². The van der Waals surface area contributed by atoms with Crippen LogP contribution >= 0.6 is 0 Å². The summed E-state index contributed by atoms with van der Waals surface area (Å²) in [6.45, 7) is 1.62. The first-order chi connectivity index (χ1) is 15.0. The average molecular weight is 452 g/mol. The minimum atomic E-state index is -4.65. The molecule has 0 aliphatic carbocycles. The highest BCUT2D eigenvalue weighted by molar-refractivity contribution is 5.81. The first-order valence-electron chi connectivity index (χ1n) is 10.4. The predicted octanol–water partition coefficient (Wildman–Crippen LogP) is 2.36. The van der Waals surface area contributed by atoms with Crippen molar-refractivity contribution in [1.82, 2.24) is 9.80 Å². The maximum atomic E-state index is 13.5. The highest BCUT2D eigenvalue weighted by Gasteiger charge is 2.52. The van der Waals surface area contributed by atoms with E-state index in [1.165, 1.54) is 24.1 Å². The molecule has 0 saturated carbocycles. The Hall–Kier alpha value is -2.80. The van der Waals surface area contributed by atoms with E-state index >= 15 is 0 Å². The van der Waals surface area contributed by atoms with Crippen LogP contribution in [0.2, 0.25) is 0 Å². The van der Waals surface area contributed by atoms with E-state index in [-0.39, 0.29) is 25.0 Å². The SMILES string of the molecule is COCC(=O)N1CCC2(CC1)CN(c1ccc(C#N)c(C(F)(F)F)c1)CC2C(=O)N(C)C. The molecule has 1 aromatic carbocycles. The lowest BCUT2D eigenvalue weighted by Gasteiger charge is -2.42. The van der Waals surface area contributed by atoms with Crippen LogP contribution in [0.1, 0.15) is 24.0 Å². The molecule has 3 rings (SSSR count). The molecule has 1 atom stereocenters. The van der Waals surface area contributed by atoms with Crippen LogP contribution < -0.4 is 4.90 Å². The van der Waals surface area contributed by atoms with Crippen LogP contribution in [0.4, 0.5) is 18.9 Å². The minimum absolute atomic E-state index is 0.00928. The van der Waals surface area contributed by atoms with Crippen LogP contribution in [0.25, 0.3) is 0 Å². The Bertz CT molecular complexity index is 918. The Morgan fingerprint density at radius 2 is 1.94 bits per heavy atom. The standard InChI is InChI=1S/C22H27F3N4O3/c1-27(2)20(31)18-12-29(16-5-4-15(11-26)17(10-16)22(23,24)25)14-21(18)6-8-28(9-7-21)19(30)13-32-3/h4-5,10,18H,6-9,12-14H2,1-3H3. The summed E-state index contributed by atoms with van der Waals surface area (Å²) in [5.41, 5.74) is -1.52. The molecule has 7 nitrogen and oxygen atoms in total. The normalized spacial score (nSPS) is 20.3. The second-order valence-corrected chi connectivity index (χ2v) is 8.68. The van der Waals surface area contributed by atoms with Crippen LogP contribution in [0.15, 0.2) is 18.2 Å². The van der Waals surface area contributed by atoms with Gasteiger partial charge in [0.1, 0.15) is 6.61 Å². The zero-order valence-corrected chi connectivity index (χ0v) is 18.4. The van der Waals surface area contributed by atoms with Crippen molar-refractivity contribution in [3.05, 3.63) is 29.3 Å². The molecule has 1 unspecified atom stereocenters. The van der Waals surface area contributed by atoms with Crippen molar-refractivity contribution in [2.75, 3.05) is 58.9 Å². The summed E-state index contributed by atoms with van der Waals surface area (Å²) in [6.07, 6.45) is -3.50. The molecule has 0 aromatic heterocycles. The Balaban J connectivity index is 1.90. The summed E-state index contributed by atoms with van der Waals surface area (Å²) < 4.78 is 45.3. The molecule has 10 heteroatoms. The summed E-state index contributed by atoms with van der Waals surface area (Å²) in [5, 5.41) is 9.07. The molecule has 2 heterocycles. The molecular formula is C22H27F3N4O3. The van der Waals surface area contributed by atoms with E-state index in [9.17, 15) is 22.8 Å². The van der Waals surface area contributed by atoms with Crippen molar-refractivity contribution in [1.29, 1.82) is 5.26 Å². The average Bonchev–Trinajstić information content (AvgIpc) is 3.11. The number of alkyl halides is 3. The Labute approximate surface area is 185 Å². The molecule has 2 fully saturated rings. The van der Waals surface area contributed by atoms with Gasteiger partial charge in [-0.2, -0.15) is 18.4 Å². The molecule has 1 aromatic rings. The Morgan fingerprint density at radius 3 is 2.47 bits per heavy atom. The molecule has 2 aliphatic heterocycles. The van der Waals surface area contributed by atoms with Gasteiger partial charge in [-0.3, -0.25) is 9.59 Å². The number of rotatable bonds is 4. The zero-order chi connectivity index (χ0) is 23.7. The number of hydrogen-bond donors (Lipinski definition) is 0. The van der Waals surface area contributed by atoms with Crippen LogP contribution in [0, 0.1) is 22.7 Å². The van der Waals surface area contributed by atoms with E-state index in [1.807, 2.05) is 0 Å². The van der Waals surface area contributed by atoms with Gasteiger partial charge in [-0.15, -0.1) is 0 Å². The summed E-state index contributed by atoms with van der Waals surface area (Å²) in [7, 11) is 4.79. The number of piperidine rings is 1. The van der Waals surface area contributed by atoms with E-state index in [1.54, 1.807) is 30.0 Å². The minimum Gasteiger partial charge on any atom is -0.375 e. The number of halogens is 3. The highest BCUT2D eigenvalue weighted by Crippen LogP contribution is 2.47. The van der Waals surface area contributed by atoms with Gasteiger partial charge >= 0.3 is 6.18 Å². The highest BCUT2D eigenvalue weighted by atomic mass is 19.4. The van der Waals surface area contributed by atoms with Crippen molar-refractivity contribution in [3.8, 4) is 6.07 Å². The third kappa shape index (κ3) is 4.53. The number of ether oxygens (including phenoxy) is 1. The van der Waals surface area contributed by atoms with Crippen LogP contribution in [0.5, 0.6) is 0 Å². The van der Waals surface area contributed by atoms with Gasteiger partial charge in [-0.05, 0) is 31.0 Å². The maximum absolute atomic E-state index is 13.5. The monoisotopic (exact) mass is 452 g/mol. The Morgan fingerprint density at radius 1 is 1.28 bits per heavy atom. The van der Waals surface area contributed by atoms with Crippen molar-refractivity contribution in [2.45, 2.75) is 19.0 Å². The quantitative estimate of drug-likeness (QED) is 0.701. The molecule has 0 bridgehead atoms. The second kappa shape index (κ2) is 8.98. The molecular weight excluding hydrogens is 425 g/mol. The van der Waals surface area contributed by atoms with Gasteiger partial charge in [0, 0.05) is 58.5 Å². The lowest BCUT2D eigenvalue weighted by molar-refractivity contribution is -0.141. The number of anilines is 1. The van der Waals surface area contributed by atoms with Crippen LogP contribution in [0.3, 0.4) is 0 Å². The van der Waals surface area contributed by atoms with E-state index in [0.29, 0.717) is 38.2 Å². The lowest BCUT2D eigenvalue weighted by Crippen LogP contribution is -2.50. The van der Waals surface area contributed by atoms with Gasteiger partial charge in [-0.1, -0.05) is 0 Å². The summed E-state index contributed by atoms with van der Waals surface area (Å²) in [5.74, 6) is -0.592. The van der Waals surface area contributed by atoms with Gasteiger partial charge in [0.25, 0.3) is 0 Å². The van der Waals surface area contributed by atoms with E-state index in [2.05, 4.69) is 0 Å². The largest absolute Gasteiger partial charge is 0.417 e. The fourth-order valence-corrected chi connectivity index (χ4v) is 4.80. The first-order valence-corrected chi connectivity index (χ1v) is 10.4. The number of nitrogens with zero attached hydrogens (tertiary/aromatic N) is 4. The number of carbonyl (C=O) groups is 2. The van der Waals surface area contributed by atoms with Crippen molar-refractivity contribution in [3.63, 3.8) is 0 Å². The van der Waals surface area contributed by atoms with Gasteiger partial charge < -0.3 is 19.4 Å². The molecule has 2 saturated heterocycles. The van der Waals surface area contributed by atoms with Crippen molar-refractivity contribution < 1.29 is 27.5 Å². The smallest absolute Gasteiger partial charge is 0.375 e. The summed E-state index contributed by atoms with van der Waals surface area (Å²) >= 11 is 0.